The Hall–Kier alpha value is -1.25. The molecule has 0 aliphatic heterocycles. The summed E-state index contributed by atoms with van der Waals surface area (Å²) in [5.74, 6) is -7.98. The molecular formula is C10H5BrF6O2. The Kier molecular flexibility index (Phi) is 4.18. The molecule has 0 atom stereocenters. The van der Waals surface area contributed by atoms with E-state index in [0.29, 0.717) is 6.07 Å². The van der Waals surface area contributed by atoms with Crippen LogP contribution in [0.25, 0.3) is 0 Å². The van der Waals surface area contributed by atoms with Crippen molar-refractivity contribution in [2.24, 2.45) is 0 Å². The van der Waals surface area contributed by atoms with E-state index in [0.717, 1.165) is 7.11 Å². The van der Waals surface area contributed by atoms with Crippen LogP contribution in [-0.2, 0) is 10.7 Å². The summed E-state index contributed by atoms with van der Waals surface area (Å²) in [6, 6.07) is 0.458. The first-order chi connectivity index (χ1) is 8.52. The SMILES string of the molecule is COC(=O)c1cc(Br)c(C(F)(F)C(F)(F)F)cc1F. The molecule has 0 saturated heterocycles. The van der Waals surface area contributed by atoms with Crippen molar-refractivity contribution in [3.63, 3.8) is 0 Å². The molecule has 0 amide bonds. The van der Waals surface area contributed by atoms with Crippen molar-refractivity contribution in [3.8, 4) is 0 Å². The van der Waals surface area contributed by atoms with Crippen LogP contribution in [0.4, 0.5) is 26.3 Å². The van der Waals surface area contributed by atoms with Gasteiger partial charge in [0.05, 0.1) is 12.7 Å². The molecule has 1 rings (SSSR count). The summed E-state index contributed by atoms with van der Waals surface area (Å²) in [5, 5.41) is 0. The third-order valence-electron chi connectivity index (χ3n) is 2.16. The van der Waals surface area contributed by atoms with Gasteiger partial charge in [-0.2, -0.15) is 22.0 Å². The molecule has 0 aliphatic rings. The third kappa shape index (κ3) is 2.85. The minimum atomic E-state index is -5.88. The van der Waals surface area contributed by atoms with Crippen molar-refractivity contribution < 1.29 is 35.9 Å². The summed E-state index contributed by atoms with van der Waals surface area (Å²) < 4.78 is 79.4. The van der Waals surface area contributed by atoms with E-state index in [-0.39, 0.29) is 6.07 Å². The van der Waals surface area contributed by atoms with Crippen molar-refractivity contribution in [1.29, 1.82) is 0 Å². The van der Waals surface area contributed by atoms with E-state index in [1.54, 1.807) is 0 Å². The van der Waals surface area contributed by atoms with Gasteiger partial charge in [-0.1, -0.05) is 15.9 Å². The average Bonchev–Trinajstić information content (AvgIpc) is 2.28. The number of alkyl halides is 5. The quantitative estimate of drug-likeness (QED) is 0.594. The molecule has 0 N–H and O–H groups in total. The maximum absolute atomic E-state index is 13.4. The van der Waals surface area contributed by atoms with E-state index in [1.807, 2.05) is 0 Å². The zero-order valence-electron chi connectivity index (χ0n) is 9.12. The van der Waals surface area contributed by atoms with Crippen LogP contribution < -0.4 is 0 Å². The number of hydrogen-bond acceptors (Lipinski definition) is 2. The number of hydrogen-bond donors (Lipinski definition) is 0. The van der Waals surface area contributed by atoms with Gasteiger partial charge in [0.1, 0.15) is 5.82 Å². The molecule has 1 aromatic rings. The maximum atomic E-state index is 13.4. The highest BCUT2D eigenvalue weighted by atomic mass is 79.9. The molecule has 19 heavy (non-hydrogen) atoms. The molecule has 0 aromatic heterocycles. The van der Waals surface area contributed by atoms with Crippen LogP contribution in [0.5, 0.6) is 0 Å². The largest absolute Gasteiger partial charge is 0.465 e. The van der Waals surface area contributed by atoms with Gasteiger partial charge in [0, 0.05) is 10.0 Å². The smallest absolute Gasteiger partial charge is 0.458 e. The lowest BCUT2D eigenvalue weighted by molar-refractivity contribution is -0.289. The summed E-state index contributed by atoms with van der Waals surface area (Å²) in [7, 11) is 0.911. The molecule has 9 heteroatoms. The van der Waals surface area contributed by atoms with Gasteiger partial charge in [0.15, 0.2) is 0 Å². The van der Waals surface area contributed by atoms with Crippen LogP contribution in [-0.4, -0.2) is 19.3 Å². The Morgan fingerprint density at radius 3 is 2.16 bits per heavy atom. The zero-order valence-corrected chi connectivity index (χ0v) is 10.7. The van der Waals surface area contributed by atoms with Gasteiger partial charge in [-0.3, -0.25) is 0 Å². The van der Waals surface area contributed by atoms with Gasteiger partial charge in [-0.15, -0.1) is 0 Å². The fourth-order valence-electron chi connectivity index (χ4n) is 1.21. The standard InChI is InChI=1S/C10H5BrF6O2/c1-19-8(18)4-2-6(11)5(3-7(4)12)9(13,14)10(15,16)17/h2-3H,1H3. The van der Waals surface area contributed by atoms with Crippen LogP contribution in [0.15, 0.2) is 16.6 Å². The Labute approximate surface area is 111 Å². The fraction of sp³-hybridized carbons (Fsp3) is 0.300. The summed E-state index contributed by atoms with van der Waals surface area (Å²) in [6.45, 7) is 0. The Balaban J connectivity index is 3.42. The van der Waals surface area contributed by atoms with E-state index >= 15 is 0 Å². The molecule has 0 aliphatic carbocycles. The zero-order chi connectivity index (χ0) is 15.0. The lowest BCUT2D eigenvalue weighted by Gasteiger charge is -2.21. The van der Waals surface area contributed by atoms with Crippen LogP contribution in [0.2, 0.25) is 0 Å². The third-order valence-corrected chi connectivity index (χ3v) is 2.81. The molecule has 0 saturated carbocycles. The second kappa shape index (κ2) is 5.03. The van der Waals surface area contributed by atoms with E-state index in [9.17, 15) is 31.1 Å². The lowest BCUT2D eigenvalue weighted by atomic mass is 10.0. The van der Waals surface area contributed by atoms with E-state index in [4.69, 9.17) is 0 Å². The number of ether oxygens (including phenoxy) is 1. The van der Waals surface area contributed by atoms with Crippen molar-refractivity contribution in [2.45, 2.75) is 12.1 Å². The minimum absolute atomic E-state index is 0.0518. The molecule has 2 nitrogen and oxygen atoms in total. The van der Waals surface area contributed by atoms with Crippen molar-refractivity contribution >= 4 is 21.9 Å². The molecule has 0 radical (unpaired) electrons. The van der Waals surface area contributed by atoms with E-state index in [1.165, 1.54) is 0 Å². The van der Waals surface area contributed by atoms with Gasteiger partial charge < -0.3 is 4.74 Å². The first-order valence-electron chi connectivity index (χ1n) is 4.54. The van der Waals surface area contributed by atoms with Gasteiger partial charge >= 0.3 is 18.1 Å². The molecule has 0 bridgehead atoms. The molecule has 1 aromatic carbocycles. The van der Waals surface area contributed by atoms with E-state index in [2.05, 4.69) is 20.7 Å². The highest BCUT2D eigenvalue weighted by Gasteiger charge is 2.59. The number of carbonyl (C=O) groups is 1. The molecule has 0 unspecified atom stereocenters. The number of benzene rings is 1. The number of esters is 1. The predicted molar refractivity (Wildman–Crippen MR) is 55.4 cm³/mol. The highest BCUT2D eigenvalue weighted by Crippen LogP contribution is 2.46. The number of halogens is 7. The molecule has 0 heterocycles. The van der Waals surface area contributed by atoms with Crippen LogP contribution >= 0.6 is 15.9 Å². The minimum Gasteiger partial charge on any atom is -0.465 e. The first kappa shape index (κ1) is 15.8. The van der Waals surface area contributed by atoms with Gasteiger partial charge in [0.2, 0.25) is 0 Å². The van der Waals surface area contributed by atoms with Gasteiger partial charge in [-0.05, 0) is 12.1 Å². The molecule has 106 valence electrons. The predicted octanol–water partition coefficient (Wildman–Crippen LogP) is 4.03. The Bertz CT molecular complexity index is 511. The number of rotatable bonds is 2. The maximum Gasteiger partial charge on any atom is 0.458 e. The van der Waals surface area contributed by atoms with Crippen LogP contribution in [0, 0.1) is 5.82 Å². The summed E-state index contributed by atoms with van der Waals surface area (Å²) >= 11 is 2.45. The van der Waals surface area contributed by atoms with Gasteiger partial charge in [-0.25, -0.2) is 9.18 Å². The van der Waals surface area contributed by atoms with Crippen molar-refractivity contribution in [3.05, 3.63) is 33.5 Å². The monoisotopic (exact) mass is 350 g/mol. The lowest BCUT2D eigenvalue weighted by Crippen LogP contribution is -2.34. The normalized spacial score (nSPS) is 12.4. The van der Waals surface area contributed by atoms with Gasteiger partial charge in [0.25, 0.3) is 0 Å². The second-order valence-electron chi connectivity index (χ2n) is 3.38. The summed E-state index contributed by atoms with van der Waals surface area (Å²) in [6.07, 6.45) is -5.88. The Morgan fingerprint density at radius 2 is 1.74 bits per heavy atom. The highest BCUT2D eigenvalue weighted by molar-refractivity contribution is 9.10. The fourth-order valence-corrected chi connectivity index (χ4v) is 1.80. The first-order valence-corrected chi connectivity index (χ1v) is 5.34. The second-order valence-corrected chi connectivity index (χ2v) is 4.23. The van der Waals surface area contributed by atoms with Crippen LogP contribution in [0.3, 0.4) is 0 Å². The van der Waals surface area contributed by atoms with E-state index < -0.39 is 39.5 Å². The van der Waals surface area contributed by atoms with Crippen molar-refractivity contribution in [1.82, 2.24) is 0 Å². The van der Waals surface area contributed by atoms with Crippen molar-refractivity contribution in [2.75, 3.05) is 7.11 Å². The molecule has 0 fully saturated rings. The average molecular weight is 351 g/mol. The summed E-state index contributed by atoms with van der Waals surface area (Å²) in [5.41, 5.74) is -2.37. The number of carbonyl (C=O) groups excluding carboxylic acids is 1. The number of methoxy groups -OCH3 is 1. The molecular weight excluding hydrogens is 346 g/mol. The molecule has 0 spiro atoms. The van der Waals surface area contributed by atoms with Crippen LogP contribution in [0.1, 0.15) is 15.9 Å². The Morgan fingerprint density at radius 1 is 1.21 bits per heavy atom. The topological polar surface area (TPSA) is 26.3 Å². The summed E-state index contributed by atoms with van der Waals surface area (Å²) in [4.78, 5) is 11.1.